The summed E-state index contributed by atoms with van der Waals surface area (Å²) < 4.78 is 0. The van der Waals surface area contributed by atoms with Crippen molar-refractivity contribution in [2.24, 2.45) is 20.8 Å². The number of carbonyl (C=O) groups excluding carboxylic acids is 2. The first kappa shape index (κ1) is 41.0. The van der Waals surface area contributed by atoms with Gasteiger partial charge in [-0.15, -0.1) is 0 Å². The van der Waals surface area contributed by atoms with E-state index in [0.717, 1.165) is 60.3 Å². The minimum Gasteiger partial charge on any atom is -0.550 e. The molecule has 245 valence electrons. The second kappa shape index (κ2) is 18.1. The Morgan fingerprint density at radius 3 is 1.18 bits per heavy atom. The van der Waals surface area contributed by atoms with Gasteiger partial charge in [-0.05, 0) is 110 Å². The molecule has 3 rings (SSSR count). The third kappa shape index (κ3) is 17.2. The largest absolute Gasteiger partial charge is 2.00 e. The van der Waals surface area contributed by atoms with Crippen LogP contribution < -0.4 is 10.2 Å². The van der Waals surface area contributed by atoms with E-state index >= 15 is 0 Å². The van der Waals surface area contributed by atoms with E-state index in [4.69, 9.17) is 19.8 Å². The Morgan fingerprint density at radius 2 is 0.933 bits per heavy atom. The molecule has 0 unspecified atom stereocenters. The van der Waals surface area contributed by atoms with Crippen LogP contribution in [0, 0.1) is 24.7 Å². The standard InChI is InChI=1S/C32H40N2O2.2C2H4O2.Co/c1-21-13-23(17-31(3,4)5)15-25(29(21)35)19-33-27-9-11-28(12-10-27)34-20-26-16-24(18-32(6,7)8)14-22(2)30(26)36;2*1-2(3)4;/h9-16,19-20,35-36H,17-18H2,1-8H3;2*1H3,(H,3,4);/q;;;+2/p-2. The maximum atomic E-state index is 10.5. The number of nitrogens with zero attached hydrogens (tertiary/aromatic N) is 2. The molecule has 0 bridgehead atoms. The van der Waals surface area contributed by atoms with E-state index in [1.54, 1.807) is 12.4 Å². The van der Waals surface area contributed by atoms with Crippen molar-refractivity contribution in [2.75, 3.05) is 0 Å². The van der Waals surface area contributed by atoms with Gasteiger partial charge in [0.25, 0.3) is 0 Å². The summed E-state index contributed by atoms with van der Waals surface area (Å²) in [5.41, 5.74) is 7.41. The number of carboxylic acids is 2. The molecule has 0 aliphatic rings. The molecule has 9 heteroatoms. The summed E-state index contributed by atoms with van der Waals surface area (Å²) in [4.78, 5) is 26.9. The third-order valence-corrected chi connectivity index (χ3v) is 5.80. The van der Waals surface area contributed by atoms with Crippen LogP contribution in [0.15, 0.2) is 58.5 Å². The van der Waals surface area contributed by atoms with E-state index in [1.807, 2.05) is 62.4 Å². The Morgan fingerprint density at radius 1 is 0.667 bits per heavy atom. The Labute approximate surface area is 278 Å². The first-order valence-electron chi connectivity index (χ1n) is 14.3. The molecule has 0 fully saturated rings. The molecule has 0 saturated heterocycles. The number of aryl methyl sites for hydroxylation is 2. The fourth-order valence-corrected chi connectivity index (χ4v) is 4.31. The molecule has 3 aromatic carbocycles. The van der Waals surface area contributed by atoms with E-state index in [0.29, 0.717) is 0 Å². The van der Waals surface area contributed by atoms with Crippen molar-refractivity contribution < 1.29 is 46.8 Å². The maximum absolute atomic E-state index is 10.5. The summed E-state index contributed by atoms with van der Waals surface area (Å²) in [7, 11) is 0. The molecular formula is C36H46CoN2O6. The Kier molecular flexibility index (Phi) is 16.5. The molecule has 0 atom stereocenters. The predicted octanol–water partition coefficient (Wildman–Crippen LogP) is 5.90. The Balaban J connectivity index is 0.00000192. The van der Waals surface area contributed by atoms with Gasteiger partial charge >= 0.3 is 16.8 Å². The molecule has 2 N–H and O–H groups in total. The number of benzene rings is 3. The van der Waals surface area contributed by atoms with Gasteiger partial charge in [-0.3, -0.25) is 9.98 Å². The molecule has 0 aliphatic heterocycles. The van der Waals surface area contributed by atoms with Crippen molar-refractivity contribution >= 4 is 35.7 Å². The van der Waals surface area contributed by atoms with Crippen LogP contribution in [0.4, 0.5) is 11.4 Å². The molecule has 0 aromatic heterocycles. The summed E-state index contributed by atoms with van der Waals surface area (Å²) in [5.74, 6) is -1.64. The molecule has 8 nitrogen and oxygen atoms in total. The minimum absolute atomic E-state index is 0. The average molecular weight is 662 g/mol. The van der Waals surface area contributed by atoms with Gasteiger partial charge in [-0.25, -0.2) is 0 Å². The van der Waals surface area contributed by atoms with Gasteiger partial charge in [0, 0.05) is 35.5 Å². The number of carbonyl (C=O) groups is 2. The van der Waals surface area contributed by atoms with Crippen LogP contribution in [0.25, 0.3) is 0 Å². The van der Waals surface area contributed by atoms with E-state index in [-0.39, 0.29) is 39.1 Å². The third-order valence-electron chi connectivity index (χ3n) is 5.80. The monoisotopic (exact) mass is 661 g/mol. The summed E-state index contributed by atoms with van der Waals surface area (Å²) in [6.45, 7) is 19.0. The predicted molar refractivity (Wildman–Crippen MR) is 174 cm³/mol. The first-order valence-corrected chi connectivity index (χ1v) is 14.3. The fraction of sp³-hybridized carbons (Fsp3) is 0.389. The van der Waals surface area contributed by atoms with Crippen molar-refractivity contribution in [1.29, 1.82) is 0 Å². The van der Waals surface area contributed by atoms with Gasteiger partial charge in [-0.2, -0.15) is 0 Å². The quantitative estimate of drug-likeness (QED) is 0.315. The second-order valence-corrected chi connectivity index (χ2v) is 13.2. The van der Waals surface area contributed by atoms with Gasteiger partial charge in [0.1, 0.15) is 11.5 Å². The average Bonchev–Trinajstić information content (AvgIpc) is 2.84. The van der Waals surface area contributed by atoms with E-state index in [1.165, 1.54) is 11.1 Å². The van der Waals surface area contributed by atoms with E-state index in [2.05, 4.69) is 51.5 Å². The zero-order valence-corrected chi connectivity index (χ0v) is 29.0. The van der Waals surface area contributed by atoms with Gasteiger partial charge in [0.05, 0.1) is 11.4 Å². The molecular weight excluding hydrogens is 615 g/mol. The number of rotatable bonds is 6. The first-order chi connectivity index (χ1) is 20.2. The molecule has 0 aliphatic carbocycles. The fourth-order valence-electron chi connectivity index (χ4n) is 4.31. The number of hydrogen-bond acceptors (Lipinski definition) is 8. The number of aliphatic imine (C=N–C) groups is 2. The van der Waals surface area contributed by atoms with Crippen LogP contribution in [-0.4, -0.2) is 34.6 Å². The molecule has 0 heterocycles. The van der Waals surface area contributed by atoms with Crippen LogP contribution in [0.2, 0.25) is 0 Å². The summed E-state index contributed by atoms with van der Waals surface area (Å²) >= 11 is 0. The summed E-state index contributed by atoms with van der Waals surface area (Å²) in [6, 6.07) is 15.7. The van der Waals surface area contributed by atoms with E-state index < -0.39 is 11.9 Å². The molecule has 0 amide bonds. The van der Waals surface area contributed by atoms with Crippen molar-refractivity contribution in [3.8, 4) is 11.5 Å². The van der Waals surface area contributed by atoms with E-state index in [9.17, 15) is 10.2 Å². The topological polar surface area (TPSA) is 145 Å². The Hall–Kier alpha value is -3.95. The van der Waals surface area contributed by atoms with Crippen molar-refractivity contribution in [1.82, 2.24) is 0 Å². The van der Waals surface area contributed by atoms with Crippen molar-refractivity contribution in [3.05, 3.63) is 81.9 Å². The number of aromatic hydroxyl groups is 2. The minimum atomic E-state index is -1.08. The summed E-state index contributed by atoms with van der Waals surface area (Å²) in [6.07, 6.45) is 5.29. The van der Waals surface area contributed by atoms with Gasteiger partial charge in [0.2, 0.25) is 0 Å². The van der Waals surface area contributed by atoms with Gasteiger partial charge in [0.15, 0.2) is 0 Å². The zero-order valence-electron chi connectivity index (χ0n) is 27.9. The number of carboxylic acid groups (broad SMARTS) is 2. The summed E-state index contributed by atoms with van der Waals surface area (Å²) in [5, 5.41) is 38.8. The second-order valence-electron chi connectivity index (χ2n) is 13.2. The molecule has 0 saturated carbocycles. The maximum Gasteiger partial charge on any atom is 2.00 e. The molecule has 0 spiro atoms. The van der Waals surface area contributed by atoms with Crippen LogP contribution in [0.5, 0.6) is 11.5 Å². The van der Waals surface area contributed by atoms with Gasteiger partial charge in [-0.1, -0.05) is 53.7 Å². The molecule has 3 aromatic rings. The number of hydrogen-bond donors (Lipinski definition) is 2. The SMILES string of the molecule is CC(=O)[O-].CC(=O)[O-].Cc1cc(CC(C)(C)C)cc(C=Nc2ccc(N=Cc3cc(CC(C)(C)C)cc(C)c3O)cc2)c1O.[Co+2]. The molecule has 45 heavy (non-hydrogen) atoms. The van der Waals surface area contributed by atoms with Crippen molar-refractivity contribution in [2.45, 2.75) is 82.1 Å². The zero-order chi connectivity index (χ0) is 33.8. The smallest absolute Gasteiger partial charge is 0.550 e. The number of aliphatic carboxylic acids is 2. The molecule has 1 radical (unpaired) electrons. The van der Waals surface area contributed by atoms with Crippen molar-refractivity contribution in [3.63, 3.8) is 0 Å². The van der Waals surface area contributed by atoms with Crippen LogP contribution in [0.3, 0.4) is 0 Å². The number of phenols is 2. The number of phenolic OH excluding ortho intramolecular Hbond substituents is 2. The normalized spacial score (nSPS) is 11.2. The van der Waals surface area contributed by atoms with Crippen LogP contribution in [-0.2, 0) is 39.2 Å². The van der Waals surface area contributed by atoms with Crippen LogP contribution in [0.1, 0.15) is 88.8 Å². The van der Waals surface area contributed by atoms with Gasteiger partial charge < -0.3 is 30.0 Å². The Bertz CT molecular complexity index is 1360. The van der Waals surface area contributed by atoms with Crippen LogP contribution >= 0.6 is 0 Å².